The molecule has 0 bridgehead atoms. The van der Waals surface area contributed by atoms with E-state index in [4.69, 9.17) is 10.2 Å². The maximum Gasteiger partial charge on any atom is 0.293 e. The molecule has 0 fully saturated rings. The number of aromatic nitrogens is 1. The molecule has 0 spiro atoms. The lowest BCUT2D eigenvalue weighted by molar-refractivity contribution is 0.0965. The van der Waals surface area contributed by atoms with Crippen molar-refractivity contribution in [1.29, 1.82) is 0 Å². The van der Waals surface area contributed by atoms with Crippen molar-refractivity contribution in [2.24, 2.45) is 0 Å². The van der Waals surface area contributed by atoms with Gasteiger partial charge >= 0.3 is 0 Å². The molecule has 0 atom stereocenters. The van der Waals surface area contributed by atoms with E-state index in [2.05, 4.69) is 4.98 Å². The lowest BCUT2D eigenvalue weighted by Gasteiger charge is -2.15. The summed E-state index contributed by atoms with van der Waals surface area (Å²) in [5.41, 5.74) is 6.15. The molecule has 0 radical (unpaired) electrons. The van der Waals surface area contributed by atoms with E-state index in [-0.39, 0.29) is 5.91 Å². The van der Waals surface area contributed by atoms with Gasteiger partial charge in [0, 0.05) is 7.05 Å². The largest absolute Gasteiger partial charge is 0.456 e. The van der Waals surface area contributed by atoms with E-state index in [9.17, 15) is 4.79 Å². The third-order valence-corrected chi connectivity index (χ3v) is 2.41. The summed E-state index contributed by atoms with van der Waals surface area (Å²) in [6, 6.07) is 6.78. The highest BCUT2D eigenvalue weighted by Crippen LogP contribution is 2.16. The lowest BCUT2D eigenvalue weighted by atomic mass is 10.3. The number of furan rings is 1. The minimum Gasteiger partial charge on any atom is -0.456 e. The van der Waals surface area contributed by atoms with Gasteiger partial charge in [-0.3, -0.25) is 4.79 Å². The lowest BCUT2D eigenvalue weighted by Crippen LogP contribution is -2.25. The van der Waals surface area contributed by atoms with E-state index in [1.54, 1.807) is 44.4 Å². The first-order valence-corrected chi connectivity index (χ1v) is 5.14. The Morgan fingerprint density at radius 3 is 2.65 bits per heavy atom. The molecule has 2 N–H and O–H groups in total. The van der Waals surface area contributed by atoms with Crippen LogP contribution in [0.15, 0.2) is 34.9 Å². The molecule has 0 saturated heterocycles. The predicted octanol–water partition coefficient (Wildman–Crippen LogP) is 1.84. The molecule has 1 amide bonds. The predicted molar refractivity (Wildman–Crippen MR) is 64.8 cm³/mol. The second-order valence-corrected chi connectivity index (χ2v) is 3.72. The van der Waals surface area contributed by atoms with Crippen molar-refractivity contribution >= 4 is 17.4 Å². The summed E-state index contributed by atoms with van der Waals surface area (Å²) in [7, 11) is 1.66. The van der Waals surface area contributed by atoms with Crippen molar-refractivity contribution in [3.8, 4) is 0 Å². The zero-order valence-electron chi connectivity index (χ0n) is 9.68. The third-order valence-electron chi connectivity index (χ3n) is 2.41. The van der Waals surface area contributed by atoms with Crippen molar-refractivity contribution in [3.63, 3.8) is 0 Å². The number of carbonyl (C=O) groups is 1. The molecule has 88 valence electrons. The molecule has 17 heavy (non-hydrogen) atoms. The summed E-state index contributed by atoms with van der Waals surface area (Å²) >= 11 is 0. The van der Waals surface area contributed by atoms with Gasteiger partial charge in [0.1, 0.15) is 11.6 Å². The molecule has 5 nitrogen and oxygen atoms in total. The first-order chi connectivity index (χ1) is 8.08. The van der Waals surface area contributed by atoms with Gasteiger partial charge in [0.25, 0.3) is 5.91 Å². The molecule has 0 saturated carbocycles. The average Bonchev–Trinajstić information content (AvgIpc) is 2.75. The number of pyridine rings is 1. The van der Waals surface area contributed by atoms with Crippen LogP contribution in [0.5, 0.6) is 0 Å². The Morgan fingerprint density at radius 1 is 1.35 bits per heavy atom. The smallest absolute Gasteiger partial charge is 0.293 e. The van der Waals surface area contributed by atoms with E-state index in [0.29, 0.717) is 23.0 Å². The van der Waals surface area contributed by atoms with Crippen molar-refractivity contribution < 1.29 is 9.21 Å². The van der Waals surface area contributed by atoms with Crippen molar-refractivity contribution in [1.82, 2.24) is 4.98 Å². The number of amides is 1. The fraction of sp³-hybridized carbons (Fsp3) is 0.167. The Balaban J connectivity index is 2.23. The first kappa shape index (κ1) is 11.2. The summed E-state index contributed by atoms with van der Waals surface area (Å²) in [5, 5.41) is 0. The van der Waals surface area contributed by atoms with Gasteiger partial charge in [-0.05, 0) is 31.2 Å². The number of hydrogen-bond donors (Lipinski definition) is 1. The number of nitrogens with two attached hydrogens (primary N) is 1. The molecule has 5 heteroatoms. The van der Waals surface area contributed by atoms with Gasteiger partial charge in [0.05, 0.1) is 11.9 Å². The highest BCUT2D eigenvalue weighted by atomic mass is 16.3. The fourth-order valence-corrected chi connectivity index (χ4v) is 1.43. The Morgan fingerprint density at radius 2 is 2.12 bits per heavy atom. The Labute approximate surface area is 98.9 Å². The quantitative estimate of drug-likeness (QED) is 0.855. The van der Waals surface area contributed by atoms with Crippen LogP contribution in [0, 0.1) is 6.92 Å². The van der Waals surface area contributed by atoms with E-state index in [1.807, 2.05) is 0 Å². The minimum absolute atomic E-state index is 0.218. The first-order valence-electron chi connectivity index (χ1n) is 5.14. The number of carbonyl (C=O) groups excluding carboxylic acids is 1. The molecule has 2 aromatic heterocycles. The zero-order valence-corrected chi connectivity index (χ0v) is 9.68. The van der Waals surface area contributed by atoms with Gasteiger partial charge in [-0.25, -0.2) is 4.98 Å². The molecule has 2 aromatic rings. The van der Waals surface area contributed by atoms with E-state index >= 15 is 0 Å². The van der Waals surface area contributed by atoms with Crippen LogP contribution < -0.4 is 10.6 Å². The van der Waals surface area contributed by atoms with Gasteiger partial charge in [-0.2, -0.15) is 0 Å². The maximum absolute atomic E-state index is 12.0. The number of rotatable bonds is 2. The molecule has 0 aliphatic rings. The Hall–Kier alpha value is -2.30. The van der Waals surface area contributed by atoms with Gasteiger partial charge < -0.3 is 15.1 Å². The molecule has 0 aliphatic heterocycles. The second kappa shape index (κ2) is 4.29. The standard InChI is InChI=1S/C12H13N3O2/c1-8-3-5-10(17-8)12(16)15(2)9-4-6-11(13)14-7-9/h3-7H,1-2H3,(H2,13,14). The van der Waals surface area contributed by atoms with E-state index in [1.165, 1.54) is 4.90 Å². The number of nitrogen functional groups attached to an aromatic ring is 1. The summed E-state index contributed by atoms with van der Waals surface area (Å²) in [4.78, 5) is 17.4. The van der Waals surface area contributed by atoms with Crippen LogP contribution in [-0.4, -0.2) is 17.9 Å². The zero-order chi connectivity index (χ0) is 12.4. The van der Waals surface area contributed by atoms with Crippen LogP contribution in [0.2, 0.25) is 0 Å². The third kappa shape index (κ3) is 2.28. The fourth-order valence-electron chi connectivity index (χ4n) is 1.43. The molecule has 0 aliphatic carbocycles. The SMILES string of the molecule is Cc1ccc(C(=O)N(C)c2ccc(N)nc2)o1. The van der Waals surface area contributed by atoms with E-state index < -0.39 is 0 Å². The van der Waals surface area contributed by atoms with Crippen LogP contribution in [-0.2, 0) is 0 Å². The molecular weight excluding hydrogens is 218 g/mol. The highest BCUT2D eigenvalue weighted by molar-refractivity contribution is 6.03. The van der Waals surface area contributed by atoms with Gasteiger partial charge in [0.2, 0.25) is 0 Å². The number of aryl methyl sites for hydroxylation is 1. The van der Waals surface area contributed by atoms with Crippen LogP contribution in [0.3, 0.4) is 0 Å². The molecular formula is C12H13N3O2. The number of nitrogens with zero attached hydrogens (tertiary/aromatic N) is 2. The normalized spacial score (nSPS) is 10.2. The van der Waals surface area contributed by atoms with Crippen molar-refractivity contribution in [2.75, 3.05) is 17.7 Å². The highest BCUT2D eigenvalue weighted by Gasteiger charge is 2.16. The summed E-state index contributed by atoms with van der Waals surface area (Å²) in [5.74, 6) is 1.21. The summed E-state index contributed by atoms with van der Waals surface area (Å²) in [6.45, 7) is 1.79. The number of hydrogen-bond acceptors (Lipinski definition) is 4. The van der Waals surface area contributed by atoms with Gasteiger partial charge in [-0.15, -0.1) is 0 Å². The summed E-state index contributed by atoms with van der Waals surface area (Å²) < 4.78 is 5.28. The topological polar surface area (TPSA) is 72.4 Å². The average molecular weight is 231 g/mol. The molecule has 0 unspecified atom stereocenters. The van der Waals surface area contributed by atoms with Crippen molar-refractivity contribution in [2.45, 2.75) is 6.92 Å². The second-order valence-electron chi connectivity index (χ2n) is 3.72. The van der Waals surface area contributed by atoms with Crippen molar-refractivity contribution in [3.05, 3.63) is 42.0 Å². The Kier molecular flexibility index (Phi) is 2.82. The van der Waals surface area contributed by atoms with E-state index in [0.717, 1.165) is 0 Å². The van der Waals surface area contributed by atoms with Gasteiger partial charge in [0.15, 0.2) is 5.76 Å². The maximum atomic E-state index is 12.0. The monoisotopic (exact) mass is 231 g/mol. The van der Waals surface area contributed by atoms with Crippen LogP contribution in [0.25, 0.3) is 0 Å². The molecule has 2 heterocycles. The van der Waals surface area contributed by atoms with Crippen LogP contribution >= 0.6 is 0 Å². The summed E-state index contributed by atoms with van der Waals surface area (Å²) in [6.07, 6.45) is 1.54. The number of anilines is 2. The van der Waals surface area contributed by atoms with Gasteiger partial charge in [-0.1, -0.05) is 0 Å². The van der Waals surface area contributed by atoms with Crippen LogP contribution in [0.4, 0.5) is 11.5 Å². The van der Waals surface area contributed by atoms with Crippen LogP contribution in [0.1, 0.15) is 16.3 Å². The molecule has 2 rings (SSSR count). The minimum atomic E-state index is -0.218. The Bertz CT molecular complexity index is 531. The molecule has 0 aromatic carbocycles.